The molecule has 2 aromatic carbocycles. The molecule has 0 aliphatic heterocycles. The average molecular weight is 429 g/mol. The van der Waals surface area contributed by atoms with Crippen LogP contribution in [-0.4, -0.2) is 24.3 Å². The Balaban J connectivity index is 1.32. The zero-order valence-electron chi connectivity index (χ0n) is 18.6. The molecule has 5 unspecified atom stereocenters. The van der Waals surface area contributed by atoms with Gasteiger partial charge in [-0.2, -0.15) is 0 Å². The van der Waals surface area contributed by atoms with Crippen molar-refractivity contribution in [3.63, 3.8) is 0 Å². The van der Waals surface area contributed by atoms with Crippen molar-refractivity contribution < 1.29 is 9.53 Å². The molecule has 0 aromatic heterocycles. The Bertz CT molecular complexity index is 1030. The molecule has 0 spiro atoms. The van der Waals surface area contributed by atoms with E-state index in [-0.39, 0.29) is 28.8 Å². The van der Waals surface area contributed by atoms with E-state index in [1.165, 1.54) is 5.56 Å². The maximum absolute atomic E-state index is 13.8. The van der Waals surface area contributed by atoms with E-state index in [1.807, 2.05) is 30.3 Å². The highest BCUT2D eigenvalue weighted by Crippen LogP contribution is 2.76. The lowest BCUT2D eigenvalue weighted by atomic mass is 9.74. The third-order valence-electron chi connectivity index (χ3n) is 9.08. The fourth-order valence-electron chi connectivity index (χ4n) is 7.55. The third-order valence-corrected chi connectivity index (χ3v) is 9.08. The van der Waals surface area contributed by atoms with E-state index in [1.54, 1.807) is 0 Å². The predicted octanol–water partition coefficient (Wildman–Crippen LogP) is 4.92. The van der Waals surface area contributed by atoms with Gasteiger partial charge < -0.3 is 10.5 Å². The van der Waals surface area contributed by atoms with Gasteiger partial charge in [0.05, 0.1) is 5.41 Å². The van der Waals surface area contributed by atoms with Crippen molar-refractivity contribution in [1.82, 2.24) is 0 Å². The van der Waals surface area contributed by atoms with Crippen LogP contribution in [0.5, 0.6) is 5.75 Å². The van der Waals surface area contributed by atoms with E-state index in [2.05, 4.69) is 30.3 Å². The van der Waals surface area contributed by atoms with Gasteiger partial charge in [0, 0.05) is 23.0 Å². The van der Waals surface area contributed by atoms with E-state index < -0.39 is 0 Å². The van der Waals surface area contributed by atoms with E-state index in [9.17, 15) is 4.79 Å². The fraction of sp³-hybridized carbons (Fsp3) is 0.500. The Morgan fingerprint density at radius 2 is 1.66 bits per heavy atom. The van der Waals surface area contributed by atoms with Crippen molar-refractivity contribution in [3.8, 4) is 5.75 Å². The number of nitrogens with two attached hydrogens (primary N) is 1. The summed E-state index contributed by atoms with van der Waals surface area (Å²) in [5.74, 6) is 2.23. The Labute approximate surface area is 190 Å². The van der Waals surface area contributed by atoms with Crippen LogP contribution in [0.25, 0.3) is 0 Å². The Morgan fingerprint density at radius 1 is 0.969 bits per heavy atom. The molecule has 5 aliphatic rings. The number of benzene rings is 2. The van der Waals surface area contributed by atoms with Crippen molar-refractivity contribution in [2.24, 2.45) is 33.9 Å². The van der Waals surface area contributed by atoms with E-state index in [4.69, 9.17) is 15.5 Å². The quantitative estimate of drug-likeness (QED) is 0.735. The summed E-state index contributed by atoms with van der Waals surface area (Å²) in [5, 5.41) is 0. The minimum Gasteiger partial charge on any atom is -0.490 e. The minimum absolute atomic E-state index is 0.0401. The normalized spacial score (nSPS) is 37.1. The molecule has 4 heteroatoms. The summed E-state index contributed by atoms with van der Waals surface area (Å²) in [6, 6.07) is 21.0. The molecule has 4 bridgehead atoms. The molecule has 2 aromatic rings. The Hall–Kier alpha value is -2.46. The molecule has 2 N–H and O–H groups in total. The molecule has 166 valence electrons. The lowest BCUT2D eigenvalue weighted by Crippen LogP contribution is -2.39. The average Bonchev–Trinajstić information content (AvgIpc) is 3.54. The highest BCUT2D eigenvalue weighted by Gasteiger charge is 2.78. The first-order valence-electron chi connectivity index (χ1n) is 12.2. The lowest BCUT2D eigenvalue weighted by molar-refractivity contribution is -0.129. The number of aliphatic imine (C=N–C) groups is 1. The number of rotatable bonds is 5. The van der Waals surface area contributed by atoms with Crippen LogP contribution in [0, 0.1) is 23.2 Å². The van der Waals surface area contributed by atoms with Gasteiger partial charge in [-0.05, 0) is 75.1 Å². The van der Waals surface area contributed by atoms with Crippen molar-refractivity contribution in [3.05, 3.63) is 66.2 Å². The Morgan fingerprint density at radius 3 is 2.34 bits per heavy atom. The molecule has 32 heavy (non-hydrogen) atoms. The molecule has 1 amide bonds. The summed E-state index contributed by atoms with van der Waals surface area (Å²) in [6.45, 7) is 0.743. The van der Waals surface area contributed by atoms with Crippen LogP contribution >= 0.6 is 0 Å². The number of amides is 1. The zero-order valence-corrected chi connectivity index (χ0v) is 18.6. The fourth-order valence-corrected chi connectivity index (χ4v) is 7.55. The van der Waals surface area contributed by atoms with Gasteiger partial charge in [0.25, 0.3) is 5.91 Å². The second-order valence-electron chi connectivity index (χ2n) is 10.5. The van der Waals surface area contributed by atoms with Gasteiger partial charge in [-0.15, -0.1) is 0 Å². The van der Waals surface area contributed by atoms with E-state index in [0.717, 1.165) is 63.0 Å². The van der Waals surface area contributed by atoms with Gasteiger partial charge in [0.1, 0.15) is 11.9 Å². The molecule has 5 saturated carbocycles. The van der Waals surface area contributed by atoms with Crippen molar-refractivity contribution in [2.75, 3.05) is 6.54 Å². The summed E-state index contributed by atoms with van der Waals surface area (Å²) in [4.78, 5) is 18.6. The van der Waals surface area contributed by atoms with Gasteiger partial charge in [0.2, 0.25) is 0 Å². The lowest BCUT2D eigenvalue weighted by Gasteiger charge is -2.34. The summed E-state index contributed by atoms with van der Waals surface area (Å²) in [6.07, 6.45) is 6.93. The molecule has 4 nitrogen and oxygen atoms in total. The Kier molecular flexibility index (Phi) is 4.76. The zero-order chi connectivity index (χ0) is 21.8. The van der Waals surface area contributed by atoms with Crippen molar-refractivity contribution in [2.45, 2.75) is 56.5 Å². The number of hydrogen-bond acceptors (Lipinski definition) is 3. The van der Waals surface area contributed by atoms with Crippen LogP contribution in [0.2, 0.25) is 0 Å². The van der Waals surface area contributed by atoms with Gasteiger partial charge >= 0.3 is 0 Å². The summed E-state index contributed by atoms with van der Waals surface area (Å²) >= 11 is 0. The molecule has 0 radical (unpaired) electrons. The molecule has 7 rings (SSSR count). The van der Waals surface area contributed by atoms with E-state index in [0.29, 0.717) is 11.8 Å². The summed E-state index contributed by atoms with van der Waals surface area (Å²) < 4.78 is 6.59. The summed E-state index contributed by atoms with van der Waals surface area (Å²) in [7, 11) is 0. The smallest absolute Gasteiger partial charge is 0.252 e. The molecule has 5 fully saturated rings. The highest BCUT2D eigenvalue weighted by molar-refractivity contribution is 5.99. The molecule has 0 heterocycles. The van der Waals surface area contributed by atoms with Crippen LogP contribution in [-0.2, 0) is 10.2 Å². The van der Waals surface area contributed by atoms with Gasteiger partial charge in [-0.25, -0.2) is 4.99 Å². The van der Waals surface area contributed by atoms with Gasteiger partial charge in [0.15, 0.2) is 0 Å². The van der Waals surface area contributed by atoms with Crippen molar-refractivity contribution >= 4 is 11.6 Å². The number of para-hydroxylation sites is 1. The second kappa shape index (κ2) is 7.55. The number of hydrogen-bond donors (Lipinski definition) is 1. The first-order valence-corrected chi connectivity index (χ1v) is 12.2. The highest BCUT2D eigenvalue weighted by atomic mass is 16.5. The molecular formula is C28H32N2O2. The van der Waals surface area contributed by atoms with Crippen molar-refractivity contribution in [1.29, 1.82) is 0 Å². The largest absolute Gasteiger partial charge is 0.490 e. The number of carbonyl (C=O) groups is 1. The van der Waals surface area contributed by atoms with Crippen LogP contribution in [0.1, 0.15) is 50.5 Å². The molecular weight excluding hydrogens is 396 g/mol. The second-order valence-corrected chi connectivity index (χ2v) is 10.5. The first kappa shape index (κ1) is 20.2. The summed E-state index contributed by atoms with van der Waals surface area (Å²) in [5.41, 5.74) is 7.99. The minimum atomic E-state index is -0.363. The number of ether oxygens (including phenoxy) is 1. The van der Waals surface area contributed by atoms with Gasteiger partial charge in [-0.1, -0.05) is 48.5 Å². The third kappa shape index (κ3) is 2.92. The molecule has 0 saturated heterocycles. The van der Waals surface area contributed by atoms with Crippen LogP contribution < -0.4 is 10.5 Å². The van der Waals surface area contributed by atoms with Gasteiger partial charge in [-0.3, -0.25) is 4.79 Å². The van der Waals surface area contributed by atoms with Crippen LogP contribution in [0.4, 0.5) is 0 Å². The first-order chi connectivity index (χ1) is 15.6. The predicted molar refractivity (Wildman–Crippen MR) is 126 cm³/mol. The monoisotopic (exact) mass is 428 g/mol. The van der Waals surface area contributed by atoms with Crippen LogP contribution in [0.15, 0.2) is 65.7 Å². The van der Waals surface area contributed by atoms with Crippen LogP contribution in [0.3, 0.4) is 0 Å². The molecule has 5 atom stereocenters. The number of nitrogens with zero attached hydrogens (tertiary/aromatic N) is 1. The standard InChI is InChI=1S/C28H32N2O2/c29-17-19-11-13-21(14-12-19)30-26(31)28-16-23-25(32-22-9-5-2-6-10-22)24(28)15-27(23,18-28)20-7-3-1-4-8-20/h1-10,19,23-25H,11-18,29H2. The number of carbonyl (C=O) groups excluding carboxylic acids is 1. The topological polar surface area (TPSA) is 64.7 Å². The van der Waals surface area contributed by atoms with E-state index >= 15 is 0 Å². The maximum atomic E-state index is 13.8. The maximum Gasteiger partial charge on any atom is 0.252 e. The SMILES string of the molecule is NCC1CCC(=NC(=O)C23CC4C(Oc5ccccc5)C2CC4(c2ccccc2)C3)CC1. The molecule has 5 aliphatic carbocycles.